The van der Waals surface area contributed by atoms with Crippen LogP contribution in [0.2, 0.25) is 5.02 Å². The topological polar surface area (TPSA) is 68.6 Å². The summed E-state index contributed by atoms with van der Waals surface area (Å²) in [6, 6.07) is 3.19. The van der Waals surface area contributed by atoms with E-state index in [0.29, 0.717) is 41.8 Å². The molecule has 1 aromatic heterocycles. The summed E-state index contributed by atoms with van der Waals surface area (Å²) in [6.45, 7) is 4.52. The van der Waals surface area contributed by atoms with Crippen molar-refractivity contribution in [1.82, 2.24) is 19.8 Å². The van der Waals surface area contributed by atoms with Crippen molar-refractivity contribution >= 4 is 17.5 Å². The van der Waals surface area contributed by atoms with E-state index in [9.17, 15) is 4.79 Å². The number of nitrogens with zero attached hydrogens (tertiary/aromatic N) is 3. The monoisotopic (exact) mass is 392 g/mol. The van der Waals surface area contributed by atoms with Gasteiger partial charge in [0.15, 0.2) is 11.5 Å². The van der Waals surface area contributed by atoms with Gasteiger partial charge in [-0.3, -0.25) is 4.79 Å². The predicted octanol–water partition coefficient (Wildman–Crippen LogP) is 2.66. The van der Waals surface area contributed by atoms with Crippen LogP contribution in [0.5, 0.6) is 11.5 Å². The number of hydrogen-bond donors (Lipinski definition) is 1. The first-order chi connectivity index (χ1) is 13.1. The largest absolute Gasteiger partial charge is 0.493 e. The Bertz CT molecular complexity index is 808. The number of piperazine rings is 1. The van der Waals surface area contributed by atoms with E-state index in [1.807, 2.05) is 29.6 Å². The zero-order valence-corrected chi connectivity index (χ0v) is 16.6. The van der Waals surface area contributed by atoms with Crippen molar-refractivity contribution in [3.8, 4) is 11.5 Å². The fraction of sp³-hybridized carbons (Fsp3) is 0.474. The van der Waals surface area contributed by atoms with Crippen molar-refractivity contribution in [3.63, 3.8) is 0 Å². The van der Waals surface area contributed by atoms with E-state index in [2.05, 4.69) is 10.3 Å². The molecule has 3 rings (SSSR count). The Labute approximate surface area is 164 Å². The summed E-state index contributed by atoms with van der Waals surface area (Å²) in [4.78, 5) is 19.5. The van der Waals surface area contributed by atoms with Crippen molar-refractivity contribution in [1.29, 1.82) is 0 Å². The van der Waals surface area contributed by atoms with E-state index in [1.165, 1.54) is 0 Å². The first-order valence-electron chi connectivity index (χ1n) is 9.06. The van der Waals surface area contributed by atoms with E-state index in [1.54, 1.807) is 25.4 Å². The first-order valence-corrected chi connectivity index (χ1v) is 9.43. The highest BCUT2D eigenvalue weighted by molar-refractivity contribution is 6.32. The Balaban J connectivity index is 1.91. The smallest absolute Gasteiger partial charge is 0.254 e. The molecule has 1 aliphatic rings. The number of carbonyl (C=O) groups excluding carboxylic acids is 1. The van der Waals surface area contributed by atoms with E-state index in [0.717, 1.165) is 18.8 Å². The molecule has 1 amide bonds. The van der Waals surface area contributed by atoms with Gasteiger partial charge in [-0.15, -0.1) is 0 Å². The summed E-state index contributed by atoms with van der Waals surface area (Å²) >= 11 is 6.39. The molecular formula is C19H25ClN4O3. The summed E-state index contributed by atoms with van der Waals surface area (Å²) in [6.07, 6.45) is 4.48. The van der Waals surface area contributed by atoms with E-state index in [4.69, 9.17) is 21.1 Å². The maximum Gasteiger partial charge on any atom is 0.254 e. The van der Waals surface area contributed by atoms with Crippen molar-refractivity contribution in [2.45, 2.75) is 19.4 Å². The number of hydrogen-bond acceptors (Lipinski definition) is 5. The summed E-state index contributed by atoms with van der Waals surface area (Å²) in [5, 5.41) is 3.71. The summed E-state index contributed by atoms with van der Waals surface area (Å²) in [7, 11) is 3.47. The first kappa shape index (κ1) is 19.5. The Morgan fingerprint density at radius 3 is 2.93 bits per heavy atom. The molecule has 8 heteroatoms. The second kappa shape index (κ2) is 8.63. The highest BCUT2D eigenvalue weighted by Crippen LogP contribution is 2.37. The molecule has 0 bridgehead atoms. The molecule has 146 valence electrons. The number of halogens is 1. The van der Waals surface area contributed by atoms with Crippen LogP contribution in [0.15, 0.2) is 24.5 Å². The van der Waals surface area contributed by atoms with Crippen LogP contribution in [0.1, 0.15) is 35.6 Å². The number of aromatic nitrogens is 2. The fourth-order valence-corrected chi connectivity index (χ4v) is 3.49. The van der Waals surface area contributed by atoms with Gasteiger partial charge in [0, 0.05) is 44.6 Å². The molecule has 7 nitrogen and oxygen atoms in total. The van der Waals surface area contributed by atoms with E-state index < -0.39 is 0 Å². The zero-order valence-electron chi connectivity index (χ0n) is 15.9. The lowest BCUT2D eigenvalue weighted by Gasteiger charge is -2.36. The highest BCUT2D eigenvalue weighted by Gasteiger charge is 2.31. The number of nitrogens with one attached hydrogen (secondary N) is 1. The SMILES string of the molecule is CCCOc1c(Cl)cc(C(=O)N2CCNCC2c2nccn2C)cc1OC. The number of aryl methyl sites for hydroxylation is 1. The molecule has 0 spiro atoms. The number of carbonyl (C=O) groups is 1. The molecule has 1 fully saturated rings. The highest BCUT2D eigenvalue weighted by atomic mass is 35.5. The molecule has 0 saturated carbocycles. The van der Waals surface area contributed by atoms with Gasteiger partial charge in [-0.05, 0) is 18.6 Å². The maximum atomic E-state index is 13.3. The molecular weight excluding hydrogens is 368 g/mol. The van der Waals surface area contributed by atoms with Gasteiger partial charge in [0.05, 0.1) is 18.7 Å². The van der Waals surface area contributed by atoms with Gasteiger partial charge in [-0.1, -0.05) is 18.5 Å². The number of ether oxygens (including phenoxy) is 2. The Kier molecular flexibility index (Phi) is 6.23. The maximum absolute atomic E-state index is 13.3. The number of benzene rings is 1. The van der Waals surface area contributed by atoms with Crippen LogP contribution in [0, 0.1) is 0 Å². The Morgan fingerprint density at radius 2 is 2.26 bits per heavy atom. The second-order valence-electron chi connectivity index (χ2n) is 6.45. The number of rotatable bonds is 6. The van der Waals surface area contributed by atoms with Gasteiger partial charge in [-0.25, -0.2) is 4.98 Å². The molecule has 1 unspecified atom stereocenters. The minimum Gasteiger partial charge on any atom is -0.493 e. The summed E-state index contributed by atoms with van der Waals surface area (Å²) in [5.41, 5.74) is 0.474. The van der Waals surface area contributed by atoms with Crippen molar-refractivity contribution in [3.05, 3.63) is 40.9 Å². The van der Waals surface area contributed by atoms with E-state index in [-0.39, 0.29) is 11.9 Å². The molecule has 1 saturated heterocycles. The predicted molar refractivity (Wildman–Crippen MR) is 104 cm³/mol. The minimum atomic E-state index is -0.146. The van der Waals surface area contributed by atoms with Gasteiger partial charge in [-0.2, -0.15) is 0 Å². The molecule has 0 radical (unpaired) electrons. The van der Waals surface area contributed by atoms with Crippen LogP contribution in [0.4, 0.5) is 0 Å². The zero-order chi connectivity index (χ0) is 19.4. The third-order valence-electron chi connectivity index (χ3n) is 4.59. The Morgan fingerprint density at radius 1 is 1.44 bits per heavy atom. The summed E-state index contributed by atoms with van der Waals surface area (Å²) in [5.74, 6) is 1.67. The molecule has 2 heterocycles. The molecule has 1 aromatic carbocycles. The van der Waals surface area contributed by atoms with Gasteiger partial charge < -0.3 is 24.3 Å². The molecule has 2 aromatic rings. The average molecular weight is 393 g/mol. The molecule has 1 N–H and O–H groups in total. The summed E-state index contributed by atoms with van der Waals surface area (Å²) < 4.78 is 13.0. The number of amides is 1. The average Bonchev–Trinajstić information content (AvgIpc) is 3.11. The van der Waals surface area contributed by atoms with Gasteiger partial charge in [0.2, 0.25) is 0 Å². The normalized spacial score (nSPS) is 17.0. The van der Waals surface area contributed by atoms with Crippen LogP contribution >= 0.6 is 11.6 Å². The number of methoxy groups -OCH3 is 1. The Hall–Kier alpha value is -2.25. The van der Waals surface area contributed by atoms with Crippen LogP contribution in [-0.2, 0) is 7.05 Å². The minimum absolute atomic E-state index is 0.105. The van der Waals surface area contributed by atoms with E-state index >= 15 is 0 Å². The third kappa shape index (κ3) is 4.04. The second-order valence-corrected chi connectivity index (χ2v) is 6.86. The van der Waals surface area contributed by atoms with Crippen LogP contribution < -0.4 is 14.8 Å². The van der Waals surface area contributed by atoms with Crippen LogP contribution in [0.3, 0.4) is 0 Å². The molecule has 0 aliphatic carbocycles. The van der Waals surface area contributed by atoms with Crippen molar-refractivity contribution in [2.75, 3.05) is 33.4 Å². The quantitative estimate of drug-likeness (QED) is 0.818. The molecule has 1 aliphatic heterocycles. The van der Waals surface area contributed by atoms with Crippen molar-refractivity contribution < 1.29 is 14.3 Å². The standard InChI is InChI=1S/C19H25ClN4O3/c1-4-9-27-17-14(20)10-13(11-16(17)26-3)19(25)24-8-5-21-12-15(24)18-22-6-7-23(18)2/h6-7,10-11,15,21H,4-5,8-9,12H2,1-3H3. The lowest BCUT2D eigenvalue weighted by molar-refractivity contribution is 0.0620. The van der Waals surface area contributed by atoms with Gasteiger partial charge >= 0.3 is 0 Å². The van der Waals surface area contributed by atoms with Gasteiger partial charge in [0.1, 0.15) is 11.9 Å². The molecule has 27 heavy (non-hydrogen) atoms. The lowest BCUT2D eigenvalue weighted by atomic mass is 10.1. The lowest BCUT2D eigenvalue weighted by Crippen LogP contribution is -2.49. The number of imidazole rings is 1. The fourth-order valence-electron chi connectivity index (χ4n) is 3.23. The third-order valence-corrected chi connectivity index (χ3v) is 4.87. The molecule has 1 atom stereocenters. The van der Waals surface area contributed by atoms with Crippen molar-refractivity contribution in [2.24, 2.45) is 7.05 Å². The van der Waals surface area contributed by atoms with Crippen LogP contribution in [-0.4, -0.2) is 53.7 Å². The van der Waals surface area contributed by atoms with Gasteiger partial charge in [0.25, 0.3) is 5.91 Å². The van der Waals surface area contributed by atoms with Crippen LogP contribution in [0.25, 0.3) is 0 Å².